The van der Waals surface area contributed by atoms with Gasteiger partial charge in [0, 0.05) is 22.7 Å². The first-order valence-electron chi connectivity index (χ1n) is 3.85. The minimum absolute atomic E-state index is 0.873. The molecule has 1 radical (unpaired) electrons. The number of rotatable bonds is 1. The van der Waals surface area contributed by atoms with E-state index in [-0.39, 0.29) is 0 Å². The number of H-pyrrole nitrogens is 1. The maximum Gasteiger partial charge on any atom is 0.119 e. The lowest BCUT2D eigenvalue weighted by molar-refractivity contribution is 0.415. The summed E-state index contributed by atoms with van der Waals surface area (Å²) in [6, 6.07) is 9.10. The van der Waals surface area contributed by atoms with Gasteiger partial charge in [-0.3, -0.25) is 0 Å². The molecular weight excluding hydrogens is 150 g/mol. The second-order valence-electron chi connectivity index (χ2n) is 2.79. The molecule has 2 rings (SSSR count). The lowest BCUT2D eigenvalue weighted by atomic mass is 10.2. The molecule has 0 spiro atoms. The van der Waals surface area contributed by atoms with Crippen molar-refractivity contribution in [3.63, 3.8) is 0 Å². The number of fused-ring (bicyclic) bond motifs is 1. The van der Waals surface area contributed by atoms with Crippen molar-refractivity contribution >= 4 is 10.9 Å². The number of ether oxygens (including phenoxy) is 1. The molecular formula is C10H10NO. The highest BCUT2D eigenvalue weighted by Crippen LogP contribution is 2.20. The Hall–Kier alpha value is -1.44. The van der Waals surface area contributed by atoms with Gasteiger partial charge in [0.1, 0.15) is 5.75 Å². The molecule has 0 bridgehead atoms. The van der Waals surface area contributed by atoms with Crippen molar-refractivity contribution in [3.8, 4) is 5.75 Å². The topological polar surface area (TPSA) is 25.0 Å². The van der Waals surface area contributed by atoms with E-state index >= 15 is 0 Å². The fourth-order valence-electron chi connectivity index (χ4n) is 1.30. The molecule has 0 saturated carbocycles. The molecule has 61 valence electrons. The van der Waals surface area contributed by atoms with Crippen LogP contribution >= 0.6 is 0 Å². The van der Waals surface area contributed by atoms with Crippen LogP contribution in [0.1, 0.15) is 5.69 Å². The molecule has 1 aromatic carbocycles. The average molecular weight is 160 g/mol. The van der Waals surface area contributed by atoms with E-state index in [0.29, 0.717) is 0 Å². The number of hydrogen-bond donors (Lipinski definition) is 1. The van der Waals surface area contributed by atoms with Crippen LogP contribution in [0.5, 0.6) is 5.75 Å². The Morgan fingerprint density at radius 1 is 1.42 bits per heavy atom. The summed E-state index contributed by atoms with van der Waals surface area (Å²) < 4.78 is 5.10. The molecule has 1 heterocycles. The first kappa shape index (κ1) is 7.22. The van der Waals surface area contributed by atoms with E-state index in [1.54, 1.807) is 7.11 Å². The van der Waals surface area contributed by atoms with Crippen molar-refractivity contribution in [3.05, 3.63) is 30.0 Å². The van der Waals surface area contributed by atoms with Crippen molar-refractivity contribution in [2.24, 2.45) is 0 Å². The maximum absolute atomic E-state index is 5.10. The SMILES string of the molecule is COc1ccc2[nH]c(C)[c]c2c1. The molecule has 0 fully saturated rings. The molecule has 0 aliphatic carbocycles. The highest BCUT2D eigenvalue weighted by molar-refractivity contribution is 5.81. The third-order valence-electron chi connectivity index (χ3n) is 1.87. The molecule has 2 nitrogen and oxygen atoms in total. The zero-order chi connectivity index (χ0) is 8.55. The second kappa shape index (κ2) is 2.55. The Morgan fingerprint density at radius 2 is 2.25 bits per heavy atom. The van der Waals surface area contributed by atoms with Crippen LogP contribution in [-0.4, -0.2) is 12.1 Å². The van der Waals surface area contributed by atoms with Gasteiger partial charge in [0.2, 0.25) is 0 Å². The largest absolute Gasteiger partial charge is 0.497 e. The van der Waals surface area contributed by atoms with Crippen LogP contribution in [0, 0.1) is 13.0 Å². The van der Waals surface area contributed by atoms with Crippen molar-refractivity contribution in [1.29, 1.82) is 0 Å². The van der Waals surface area contributed by atoms with Crippen LogP contribution in [0.25, 0.3) is 10.9 Å². The van der Waals surface area contributed by atoms with Gasteiger partial charge in [0.25, 0.3) is 0 Å². The molecule has 0 atom stereocenters. The summed E-state index contributed by atoms with van der Waals surface area (Å²) in [7, 11) is 1.67. The lowest BCUT2D eigenvalue weighted by Crippen LogP contribution is -1.80. The van der Waals surface area contributed by atoms with Gasteiger partial charge in [0.05, 0.1) is 7.11 Å². The molecule has 0 aliphatic rings. The molecule has 0 unspecified atom stereocenters. The number of nitrogens with one attached hydrogen (secondary N) is 1. The van der Waals surface area contributed by atoms with E-state index < -0.39 is 0 Å². The Balaban J connectivity index is 2.66. The maximum atomic E-state index is 5.10. The van der Waals surface area contributed by atoms with Gasteiger partial charge in [0.15, 0.2) is 0 Å². The first-order chi connectivity index (χ1) is 5.79. The number of aromatic amines is 1. The zero-order valence-corrected chi connectivity index (χ0v) is 7.14. The van der Waals surface area contributed by atoms with Gasteiger partial charge in [-0.15, -0.1) is 0 Å². The van der Waals surface area contributed by atoms with E-state index in [0.717, 1.165) is 22.3 Å². The third kappa shape index (κ3) is 1.05. The standard InChI is InChI=1S/C10H10NO/c1-7-5-8-6-9(12-2)3-4-10(8)11-7/h3-4,6,11H,1-2H3. The van der Waals surface area contributed by atoms with Crippen LogP contribution in [0.15, 0.2) is 18.2 Å². The van der Waals surface area contributed by atoms with Gasteiger partial charge >= 0.3 is 0 Å². The predicted molar refractivity (Wildman–Crippen MR) is 48.4 cm³/mol. The predicted octanol–water partition coefficient (Wildman–Crippen LogP) is 2.29. The molecule has 1 N–H and O–H groups in total. The normalized spacial score (nSPS) is 10.5. The Morgan fingerprint density at radius 3 is 3.00 bits per heavy atom. The summed E-state index contributed by atoms with van der Waals surface area (Å²) in [4.78, 5) is 3.20. The van der Waals surface area contributed by atoms with E-state index in [4.69, 9.17) is 4.74 Å². The lowest BCUT2D eigenvalue weighted by Gasteiger charge is -1.97. The highest BCUT2D eigenvalue weighted by atomic mass is 16.5. The first-order valence-corrected chi connectivity index (χ1v) is 3.85. The summed E-state index contributed by atoms with van der Waals surface area (Å²) >= 11 is 0. The minimum atomic E-state index is 0.873. The summed E-state index contributed by atoms with van der Waals surface area (Å²) in [6.45, 7) is 1.99. The van der Waals surface area contributed by atoms with E-state index in [2.05, 4.69) is 11.1 Å². The van der Waals surface area contributed by atoms with Crippen LogP contribution in [0.2, 0.25) is 0 Å². The van der Waals surface area contributed by atoms with Crippen LogP contribution in [0.4, 0.5) is 0 Å². The highest BCUT2D eigenvalue weighted by Gasteiger charge is 1.98. The Bertz CT molecular complexity index is 403. The fraction of sp³-hybridized carbons (Fsp3) is 0.200. The molecule has 0 aliphatic heterocycles. The van der Waals surface area contributed by atoms with Gasteiger partial charge in [-0.1, -0.05) is 0 Å². The summed E-state index contributed by atoms with van der Waals surface area (Å²) in [5, 5.41) is 1.08. The Kier molecular flexibility index (Phi) is 1.54. The smallest absolute Gasteiger partial charge is 0.119 e. The monoisotopic (exact) mass is 160 g/mol. The van der Waals surface area contributed by atoms with Crippen molar-refractivity contribution in [2.45, 2.75) is 6.92 Å². The van der Waals surface area contributed by atoms with Crippen LogP contribution in [0.3, 0.4) is 0 Å². The van der Waals surface area contributed by atoms with Crippen molar-refractivity contribution in [1.82, 2.24) is 4.98 Å². The number of hydrogen-bond acceptors (Lipinski definition) is 1. The van der Waals surface area contributed by atoms with E-state index in [1.807, 2.05) is 25.1 Å². The summed E-state index contributed by atoms with van der Waals surface area (Å²) in [5.41, 5.74) is 2.16. The van der Waals surface area contributed by atoms with Gasteiger partial charge in [-0.05, 0) is 25.1 Å². The van der Waals surface area contributed by atoms with E-state index in [1.165, 1.54) is 0 Å². The van der Waals surface area contributed by atoms with E-state index in [9.17, 15) is 0 Å². The number of aromatic nitrogens is 1. The molecule has 2 aromatic rings. The minimum Gasteiger partial charge on any atom is -0.497 e. The zero-order valence-electron chi connectivity index (χ0n) is 7.14. The van der Waals surface area contributed by atoms with Gasteiger partial charge < -0.3 is 9.72 Å². The van der Waals surface area contributed by atoms with Gasteiger partial charge in [-0.25, -0.2) is 0 Å². The number of methoxy groups -OCH3 is 1. The second-order valence-corrected chi connectivity index (χ2v) is 2.79. The van der Waals surface area contributed by atoms with Gasteiger partial charge in [-0.2, -0.15) is 0 Å². The molecule has 0 saturated heterocycles. The number of aryl methyl sites for hydroxylation is 1. The average Bonchev–Trinajstić information content (AvgIpc) is 2.43. The van der Waals surface area contributed by atoms with Crippen LogP contribution in [-0.2, 0) is 0 Å². The molecule has 12 heavy (non-hydrogen) atoms. The van der Waals surface area contributed by atoms with Crippen LogP contribution < -0.4 is 4.74 Å². The third-order valence-corrected chi connectivity index (χ3v) is 1.87. The molecule has 0 amide bonds. The number of benzene rings is 1. The fourth-order valence-corrected chi connectivity index (χ4v) is 1.30. The summed E-state index contributed by atoms with van der Waals surface area (Å²) in [5.74, 6) is 0.873. The quantitative estimate of drug-likeness (QED) is 0.680. The molecule has 1 aromatic heterocycles. The summed E-state index contributed by atoms with van der Waals surface area (Å²) in [6.07, 6.45) is 0. The van der Waals surface area contributed by atoms with Crippen molar-refractivity contribution in [2.75, 3.05) is 7.11 Å². The molecule has 2 heteroatoms. The van der Waals surface area contributed by atoms with Crippen molar-refractivity contribution < 1.29 is 4.74 Å². The Labute approximate surface area is 71.2 Å².